The monoisotopic (exact) mass is 503 g/mol. The highest BCUT2D eigenvalue weighted by Gasteiger charge is 2.89. The molecule has 1 saturated heterocycles. The van der Waals surface area contributed by atoms with Gasteiger partial charge in [0.1, 0.15) is 11.0 Å². The third-order valence-electron chi connectivity index (χ3n) is 6.34. The normalized spacial score (nSPS) is 29.4. The first-order chi connectivity index (χ1) is 13.7. The Hall–Kier alpha value is -2.09. The van der Waals surface area contributed by atoms with Crippen LogP contribution in [0.5, 0.6) is 0 Å². The van der Waals surface area contributed by atoms with E-state index in [1.807, 2.05) is 69.3 Å². The Balaban J connectivity index is 1.74. The number of anilines is 1. The highest BCUT2D eigenvalue weighted by molar-refractivity contribution is 14.1. The molecule has 0 unspecified atom stereocenters. The van der Waals surface area contributed by atoms with Crippen molar-refractivity contribution in [3.8, 4) is 0 Å². The molecule has 0 bridgehead atoms. The van der Waals surface area contributed by atoms with E-state index in [-0.39, 0.29) is 12.0 Å². The van der Waals surface area contributed by atoms with Gasteiger partial charge in [-0.2, -0.15) is 0 Å². The number of halogens is 1. The van der Waals surface area contributed by atoms with Crippen LogP contribution in [0.25, 0.3) is 0 Å². The zero-order chi connectivity index (χ0) is 20.6. The van der Waals surface area contributed by atoms with Crippen molar-refractivity contribution in [2.24, 2.45) is 0 Å². The van der Waals surface area contributed by atoms with Gasteiger partial charge in [-0.25, -0.2) is 4.79 Å². The maximum atomic E-state index is 13.4. The van der Waals surface area contributed by atoms with Gasteiger partial charge in [0.05, 0.1) is 18.3 Å². The molecule has 0 aromatic heterocycles. The fourth-order valence-electron chi connectivity index (χ4n) is 5.46. The van der Waals surface area contributed by atoms with E-state index in [1.165, 1.54) is 0 Å². The molecule has 2 aromatic rings. The van der Waals surface area contributed by atoms with Crippen LogP contribution in [0.15, 0.2) is 48.5 Å². The Labute approximate surface area is 183 Å². The van der Waals surface area contributed by atoms with E-state index in [2.05, 4.69) is 22.6 Å². The fourth-order valence-corrected chi connectivity index (χ4v) is 6.27. The van der Waals surface area contributed by atoms with Gasteiger partial charge in [-0.3, -0.25) is 9.69 Å². The lowest BCUT2D eigenvalue weighted by molar-refractivity contribution is -0.151. The topological polar surface area (TPSA) is 55.8 Å². The molecule has 6 heteroatoms. The fraction of sp³-hybridized carbons (Fsp3) is 0.391. The van der Waals surface area contributed by atoms with E-state index in [1.54, 1.807) is 4.90 Å². The van der Waals surface area contributed by atoms with Crippen LogP contribution in [0.1, 0.15) is 38.3 Å². The van der Waals surface area contributed by atoms with E-state index in [0.29, 0.717) is 13.0 Å². The minimum Gasteiger partial charge on any atom is -0.465 e. The molecule has 3 atom stereocenters. The molecule has 1 saturated carbocycles. The standard InChI is InChI=1S/C23H22INO4/c1-21(2,3)29-20(27)25-17-11-7-5-9-15(17)22-12-13-28-19(26)23(22,18(22)25)14-8-4-6-10-16(14)24/h4-11,18H,12-13H2,1-3H3/t18-,22+,23-/m0/s1. The maximum absolute atomic E-state index is 13.4. The molecular weight excluding hydrogens is 481 g/mol. The number of ether oxygens (including phenoxy) is 2. The molecule has 0 N–H and O–H groups in total. The molecule has 29 heavy (non-hydrogen) atoms. The minimum absolute atomic E-state index is 0.249. The number of hydrogen-bond acceptors (Lipinski definition) is 4. The Morgan fingerprint density at radius 1 is 1.14 bits per heavy atom. The third kappa shape index (κ3) is 2.26. The van der Waals surface area contributed by atoms with Crippen LogP contribution >= 0.6 is 22.6 Å². The minimum atomic E-state index is -0.895. The van der Waals surface area contributed by atoms with Gasteiger partial charge < -0.3 is 9.47 Å². The molecular formula is C23H22INO4. The number of carbonyl (C=O) groups is 2. The molecule has 3 aliphatic rings. The molecule has 5 nitrogen and oxygen atoms in total. The van der Waals surface area contributed by atoms with Crippen LogP contribution in [0.4, 0.5) is 10.5 Å². The van der Waals surface area contributed by atoms with Gasteiger partial charge >= 0.3 is 12.1 Å². The van der Waals surface area contributed by atoms with Crippen molar-refractivity contribution < 1.29 is 19.1 Å². The second-order valence-corrected chi connectivity index (χ2v) is 10.1. The van der Waals surface area contributed by atoms with Gasteiger partial charge in [-0.15, -0.1) is 0 Å². The van der Waals surface area contributed by atoms with Crippen LogP contribution in [-0.4, -0.2) is 30.3 Å². The molecule has 150 valence electrons. The van der Waals surface area contributed by atoms with Crippen LogP contribution in [0.3, 0.4) is 0 Å². The number of cyclic esters (lactones) is 1. The lowest BCUT2D eigenvalue weighted by Gasteiger charge is -2.33. The van der Waals surface area contributed by atoms with Crippen LogP contribution in [0, 0.1) is 3.57 Å². The summed E-state index contributed by atoms with van der Waals surface area (Å²) in [6, 6.07) is 15.4. The highest BCUT2D eigenvalue weighted by Crippen LogP contribution is 2.76. The summed E-state index contributed by atoms with van der Waals surface area (Å²) in [6.45, 7) is 5.92. The van der Waals surface area contributed by atoms with Gasteiger partial charge in [-0.05, 0) is 73.0 Å². The van der Waals surface area contributed by atoms with Gasteiger partial charge in [0, 0.05) is 8.99 Å². The SMILES string of the molecule is CC(C)(C)OC(=O)N1c2ccccc2[C@@]23CCOC(=O)[C@]2(c2ccccc2I)[C@@H]13. The number of rotatable bonds is 1. The van der Waals surface area contributed by atoms with E-state index >= 15 is 0 Å². The van der Waals surface area contributed by atoms with Crippen molar-refractivity contribution in [2.75, 3.05) is 11.5 Å². The van der Waals surface area contributed by atoms with Gasteiger partial charge in [0.25, 0.3) is 0 Å². The lowest BCUT2D eigenvalue weighted by Crippen LogP contribution is -2.44. The van der Waals surface area contributed by atoms with Gasteiger partial charge in [0.15, 0.2) is 0 Å². The molecule has 1 spiro atoms. The summed E-state index contributed by atoms with van der Waals surface area (Å²) < 4.78 is 12.4. The van der Waals surface area contributed by atoms with Crippen molar-refractivity contribution in [1.82, 2.24) is 0 Å². The van der Waals surface area contributed by atoms with Gasteiger partial charge in [0.2, 0.25) is 0 Å². The molecule has 1 amide bonds. The van der Waals surface area contributed by atoms with Crippen molar-refractivity contribution in [1.29, 1.82) is 0 Å². The number of nitrogens with zero attached hydrogens (tertiary/aromatic N) is 1. The number of hydrogen-bond donors (Lipinski definition) is 0. The second-order valence-electron chi connectivity index (χ2n) is 8.92. The Bertz CT molecular complexity index is 1050. The predicted molar refractivity (Wildman–Crippen MR) is 117 cm³/mol. The average molecular weight is 503 g/mol. The van der Waals surface area contributed by atoms with Crippen LogP contribution in [0.2, 0.25) is 0 Å². The summed E-state index contributed by atoms with van der Waals surface area (Å²) in [6.07, 6.45) is 0.268. The molecule has 2 aliphatic heterocycles. The first-order valence-electron chi connectivity index (χ1n) is 9.79. The van der Waals surface area contributed by atoms with Crippen LogP contribution in [-0.2, 0) is 25.1 Å². The van der Waals surface area contributed by atoms with E-state index in [0.717, 1.165) is 20.4 Å². The Kier molecular flexibility index (Phi) is 3.89. The van der Waals surface area contributed by atoms with Gasteiger partial charge in [-0.1, -0.05) is 36.4 Å². The number of benzene rings is 2. The summed E-state index contributed by atoms with van der Waals surface area (Å²) in [4.78, 5) is 28.4. The molecule has 2 heterocycles. The third-order valence-corrected chi connectivity index (χ3v) is 7.28. The zero-order valence-electron chi connectivity index (χ0n) is 16.6. The summed E-state index contributed by atoms with van der Waals surface area (Å²) in [7, 11) is 0. The Morgan fingerprint density at radius 3 is 2.48 bits per heavy atom. The lowest BCUT2D eigenvalue weighted by atomic mass is 9.77. The highest BCUT2D eigenvalue weighted by atomic mass is 127. The summed E-state index contributed by atoms with van der Waals surface area (Å²) in [5.41, 5.74) is 0.802. The molecule has 0 radical (unpaired) electrons. The summed E-state index contributed by atoms with van der Waals surface area (Å²) >= 11 is 2.27. The maximum Gasteiger partial charge on any atom is 0.415 e. The van der Waals surface area contributed by atoms with E-state index < -0.39 is 22.5 Å². The molecule has 2 fully saturated rings. The van der Waals surface area contributed by atoms with Crippen molar-refractivity contribution in [2.45, 2.75) is 49.7 Å². The smallest absolute Gasteiger partial charge is 0.415 e. The zero-order valence-corrected chi connectivity index (χ0v) is 18.7. The van der Waals surface area contributed by atoms with Crippen molar-refractivity contribution >= 4 is 40.3 Å². The summed E-state index contributed by atoms with van der Waals surface area (Å²) in [5, 5.41) is 0. The van der Waals surface area contributed by atoms with E-state index in [9.17, 15) is 9.59 Å². The second kappa shape index (κ2) is 5.97. The Morgan fingerprint density at radius 2 is 1.79 bits per heavy atom. The van der Waals surface area contributed by atoms with E-state index in [4.69, 9.17) is 9.47 Å². The first-order valence-corrected chi connectivity index (χ1v) is 10.9. The average Bonchev–Trinajstić information content (AvgIpc) is 3.17. The number of amides is 1. The first kappa shape index (κ1) is 18.9. The van der Waals surface area contributed by atoms with Crippen molar-refractivity contribution in [3.05, 3.63) is 63.2 Å². The number of fused-ring (bicyclic) bond motifs is 2. The quantitative estimate of drug-likeness (QED) is 0.424. The van der Waals surface area contributed by atoms with Crippen molar-refractivity contribution in [3.63, 3.8) is 0 Å². The molecule has 2 aromatic carbocycles. The molecule has 1 aliphatic carbocycles. The predicted octanol–water partition coefficient (Wildman–Crippen LogP) is 4.55. The molecule has 5 rings (SSSR count). The number of carbonyl (C=O) groups excluding carboxylic acids is 2. The largest absolute Gasteiger partial charge is 0.465 e. The summed E-state index contributed by atoms with van der Waals surface area (Å²) in [5.74, 6) is -0.249. The van der Waals surface area contributed by atoms with Crippen LogP contribution < -0.4 is 4.90 Å². The number of para-hydroxylation sites is 1. The number of esters is 1.